The average molecular weight is 387 g/mol. The Kier molecular flexibility index (Phi) is 6.77. The smallest absolute Gasteiger partial charge is 0.323 e. The second-order valence-corrected chi connectivity index (χ2v) is 5.43. The highest BCUT2D eigenvalue weighted by Crippen LogP contribution is 2.39. The van der Waals surface area contributed by atoms with Gasteiger partial charge in [-0.25, -0.2) is 5.43 Å². The zero-order valence-electron chi connectivity index (χ0n) is 15.0. The van der Waals surface area contributed by atoms with Crippen LogP contribution in [0, 0.1) is 10.1 Å². The van der Waals surface area contributed by atoms with Crippen molar-refractivity contribution in [1.82, 2.24) is 5.43 Å². The van der Waals surface area contributed by atoms with Crippen molar-refractivity contribution in [3.05, 3.63) is 63.7 Å². The number of carbonyl (C=O) groups is 2. The molecular weight excluding hydrogens is 370 g/mol. The van der Waals surface area contributed by atoms with Gasteiger partial charge in [-0.2, -0.15) is 5.10 Å². The molecule has 2 rings (SSSR count). The molecule has 0 aliphatic carbocycles. The number of hydrogen-bond donors (Lipinski definition) is 2. The Bertz CT molecular complexity index is 913. The van der Waals surface area contributed by atoms with E-state index in [1.807, 2.05) is 0 Å². The van der Waals surface area contributed by atoms with Crippen LogP contribution in [0.5, 0.6) is 11.5 Å². The Morgan fingerprint density at radius 1 is 1.25 bits per heavy atom. The molecule has 2 aromatic rings. The summed E-state index contributed by atoms with van der Waals surface area (Å²) in [6.07, 6.45) is -0.428. The molecule has 0 fully saturated rings. The van der Waals surface area contributed by atoms with E-state index in [0.717, 1.165) is 13.1 Å². The fraction of sp³-hybridized carbons (Fsp3) is 0.167. The zero-order valence-corrected chi connectivity index (χ0v) is 15.0. The molecule has 0 aromatic heterocycles. The summed E-state index contributed by atoms with van der Waals surface area (Å²) in [6.45, 7) is 1.15. The minimum Gasteiger partial charge on any atom is -0.488 e. The summed E-state index contributed by atoms with van der Waals surface area (Å²) in [7, 11) is 1.19. The third kappa shape index (κ3) is 4.89. The highest BCUT2D eigenvalue weighted by Gasteiger charge is 2.25. The molecule has 0 bridgehead atoms. The van der Waals surface area contributed by atoms with E-state index < -0.39 is 28.6 Å². The number of benzene rings is 2. The van der Waals surface area contributed by atoms with Gasteiger partial charge in [0.25, 0.3) is 5.91 Å². The lowest BCUT2D eigenvalue weighted by molar-refractivity contribution is -0.385. The number of nitrogens with zero attached hydrogens (tertiary/aromatic N) is 2. The first-order valence-electron chi connectivity index (χ1n) is 7.95. The Morgan fingerprint density at radius 3 is 2.50 bits per heavy atom. The molecule has 0 spiro atoms. The minimum absolute atomic E-state index is 0.00717. The number of ether oxygens (including phenoxy) is 2. The summed E-state index contributed by atoms with van der Waals surface area (Å²) < 4.78 is 9.88. The van der Waals surface area contributed by atoms with Gasteiger partial charge in [0.15, 0.2) is 11.9 Å². The fourth-order valence-corrected chi connectivity index (χ4v) is 2.31. The number of rotatable bonds is 7. The van der Waals surface area contributed by atoms with E-state index in [9.17, 15) is 24.8 Å². The van der Waals surface area contributed by atoms with Gasteiger partial charge >= 0.3 is 11.7 Å². The fourth-order valence-electron chi connectivity index (χ4n) is 2.31. The van der Waals surface area contributed by atoms with Crippen LogP contribution in [0.1, 0.15) is 24.2 Å². The normalized spacial score (nSPS) is 11.7. The number of hydrazone groups is 1. The molecule has 1 unspecified atom stereocenters. The van der Waals surface area contributed by atoms with Gasteiger partial charge in [-0.1, -0.05) is 30.3 Å². The molecule has 0 radical (unpaired) electrons. The maximum Gasteiger partial charge on any atom is 0.323 e. The van der Waals surface area contributed by atoms with Crippen LogP contribution in [0.2, 0.25) is 0 Å². The number of aliphatic hydroxyl groups excluding tert-OH is 1. The largest absolute Gasteiger partial charge is 0.488 e. The number of aliphatic hydroxyl groups is 1. The summed E-state index contributed by atoms with van der Waals surface area (Å²) in [6, 6.07) is 10.8. The second kappa shape index (κ2) is 9.24. The first-order valence-corrected chi connectivity index (χ1v) is 7.95. The van der Waals surface area contributed by atoms with Crippen molar-refractivity contribution >= 4 is 23.8 Å². The average Bonchev–Trinajstić information content (AvgIpc) is 2.67. The van der Waals surface area contributed by atoms with Gasteiger partial charge in [-0.3, -0.25) is 19.7 Å². The maximum atomic E-state index is 12.0. The standard InChI is InChI=1S/C18H17N3O7/c1-11(22)28-14-9-8-13(15(21(25)26)17(14)27-2)10-19-20-18(24)16(23)12-6-4-3-5-7-12/h3-10,16,23H,1-2H3,(H,20,24). The zero-order chi connectivity index (χ0) is 20.7. The van der Waals surface area contributed by atoms with Crippen molar-refractivity contribution in [2.24, 2.45) is 5.10 Å². The Hall–Kier alpha value is -3.79. The number of hydrogen-bond acceptors (Lipinski definition) is 8. The van der Waals surface area contributed by atoms with Crippen LogP contribution in [0.3, 0.4) is 0 Å². The first kappa shape index (κ1) is 20.5. The molecule has 0 saturated carbocycles. The van der Waals surface area contributed by atoms with Gasteiger partial charge in [-0.05, 0) is 17.7 Å². The lowest BCUT2D eigenvalue weighted by atomic mass is 10.1. The minimum atomic E-state index is -1.45. The van der Waals surface area contributed by atoms with E-state index in [4.69, 9.17) is 9.47 Å². The number of nitrogens with one attached hydrogen (secondary N) is 1. The number of esters is 1. The SMILES string of the molecule is COc1c(OC(C)=O)ccc(C=NNC(=O)C(O)c2ccccc2)c1[N+](=O)[O-]. The molecule has 0 aliphatic rings. The lowest BCUT2D eigenvalue weighted by Crippen LogP contribution is -2.25. The third-order valence-electron chi connectivity index (χ3n) is 3.51. The predicted octanol–water partition coefficient (Wildman–Crippen LogP) is 1.71. The van der Waals surface area contributed by atoms with Crippen LogP contribution in [-0.2, 0) is 9.59 Å². The highest BCUT2D eigenvalue weighted by atomic mass is 16.6. The van der Waals surface area contributed by atoms with E-state index in [0.29, 0.717) is 5.56 Å². The van der Waals surface area contributed by atoms with Crippen LogP contribution in [0.4, 0.5) is 5.69 Å². The number of carbonyl (C=O) groups excluding carboxylic acids is 2. The van der Waals surface area contributed by atoms with Gasteiger partial charge in [0.2, 0.25) is 5.75 Å². The molecule has 1 amide bonds. The Balaban J connectivity index is 2.24. The van der Waals surface area contributed by atoms with Crippen molar-refractivity contribution in [2.45, 2.75) is 13.0 Å². The molecule has 146 valence electrons. The second-order valence-electron chi connectivity index (χ2n) is 5.43. The van der Waals surface area contributed by atoms with Crippen molar-refractivity contribution in [3.8, 4) is 11.5 Å². The Labute approximate surface area is 159 Å². The van der Waals surface area contributed by atoms with E-state index >= 15 is 0 Å². The molecule has 2 aromatic carbocycles. The quantitative estimate of drug-likeness (QED) is 0.242. The van der Waals surface area contributed by atoms with Crippen molar-refractivity contribution in [1.29, 1.82) is 0 Å². The van der Waals surface area contributed by atoms with Crippen LogP contribution >= 0.6 is 0 Å². The van der Waals surface area contributed by atoms with Crippen LogP contribution in [0.15, 0.2) is 47.6 Å². The van der Waals surface area contributed by atoms with Gasteiger partial charge in [-0.15, -0.1) is 0 Å². The molecular formula is C18H17N3O7. The topological polar surface area (TPSA) is 140 Å². The van der Waals surface area contributed by atoms with Gasteiger partial charge in [0.1, 0.15) is 0 Å². The van der Waals surface area contributed by atoms with Crippen molar-refractivity contribution in [2.75, 3.05) is 7.11 Å². The van der Waals surface area contributed by atoms with Crippen molar-refractivity contribution in [3.63, 3.8) is 0 Å². The van der Waals surface area contributed by atoms with Gasteiger partial charge in [0, 0.05) is 6.92 Å². The summed E-state index contributed by atoms with van der Waals surface area (Å²) in [4.78, 5) is 33.8. The summed E-state index contributed by atoms with van der Waals surface area (Å²) in [5, 5.41) is 25.0. The molecule has 28 heavy (non-hydrogen) atoms. The summed E-state index contributed by atoms with van der Waals surface area (Å²) >= 11 is 0. The highest BCUT2D eigenvalue weighted by molar-refractivity contribution is 5.90. The first-order chi connectivity index (χ1) is 13.3. The lowest BCUT2D eigenvalue weighted by Gasteiger charge is -2.10. The van der Waals surface area contributed by atoms with Gasteiger partial charge < -0.3 is 14.6 Å². The predicted molar refractivity (Wildman–Crippen MR) is 98.1 cm³/mol. The Morgan fingerprint density at radius 2 is 1.93 bits per heavy atom. The molecule has 10 nitrogen and oxygen atoms in total. The van der Waals surface area contributed by atoms with Crippen LogP contribution < -0.4 is 14.9 Å². The van der Waals surface area contributed by atoms with E-state index in [2.05, 4.69) is 10.5 Å². The van der Waals surface area contributed by atoms with Crippen LogP contribution in [0.25, 0.3) is 0 Å². The van der Waals surface area contributed by atoms with E-state index in [1.165, 1.54) is 19.2 Å². The third-order valence-corrected chi connectivity index (χ3v) is 3.51. The van der Waals surface area contributed by atoms with E-state index in [1.54, 1.807) is 30.3 Å². The molecule has 1 atom stereocenters. The van der Waals surface area contributed by atoms with E-state index in [-0.39, 0.29) is 17.1 Å². The monoisotopic (exact) mass is 387 g/mol. The number of nitro groups is 1. The molecule has 10 heteroatoms. The van der Waals surface area contributed by atoms with Crippen molar-refractivity contribution < 1.29 is 29.1 Å². The number of nitro benzene ring substituents is 1. The molecule has 0 heterocycles. The molecule has 0 aliphatic heterocycles. The van der Waals surface area contributed by atoms with Gasteiger partial charge in [0.05, 0.1) is 23.8 Å². The van der Waals surface area contributed by atoms with Crippen LogP contribution in [-0.4, -0.2) is 35.2 Å². The molecule has 0 saturated heterocycles. The molecule has 2 N–H and O–H groups in total. The number of methoxy groups -OCH3 is 1. The summed E-state index contributed by atoms with van der Waals surface area (Å²) in [5.41, 5.74) is 1.98. The number of amides is 1. The summed E-state index contributed by atoms with van der Waals surface area (Å²) in [5.74, 6) is -1.87. The maximum absolute atomic E-state index is 12.0.